The second-order valence-electron chi connectivity index (χ2n) is 4.60. The zero-order chi connectivity index (χ0) is 13.8. The second kappa shape index (κ2) is 5.89. The number of methoxy groups -OCH3 is 1. The third-order valence-corrected chi connectivity index (χ3v) is 3.09. The van der Waals surface area contributed by atoms with Crippen molar-refractivity contribution in [1.82, 2.24) is 4.57 Å². The first-order valence-corrected chi connectivity index (χ1v) is 6.36. The molecule has 2 rings (SSSR count). The van der Waals surface area contributed by atoms with Crippen LogP contribution in [-0.4, -0.2) is 24.9 Å². The molecule has 2 aromatic rings. The second-order valence-corrected chi connectivity index (χ2v) is 4.60. The van der Waals surface area contributed by atoms with Crippen LogP contribution < -0.4 is 10.2 Å². The third-order valence-electron chi connectivity index (χ3n) is 3.09. The summed E-state index contributed by atoms with van der Waals surface area (Å²) >= 11 is 0. The van der Waals surface area contributed by atoms with Crippen molar-refractivity contribution in [2.75, 3.05) is 20.3 Å². The summed E-state index contributed by atoms with van der Waals surface area (Å²) in [6, 6.07) is 5.59. The summed E-state index contributed by atoms with van der Waals surface area (Å²) in [6.45, 7) is 3.08. The molecule has 0 spiro atoms. The highest BCUT2D eigenvalue weighted by Crippen LogP contribution is 2.23. The van der Waals surface area contributed by atoms with E-state index in [1.807, 2.05) is 42.9 Å². The lowest BCUT2D eigenvalue weighted by atomic mass is 10.1. The van der Waals surface area contributed by atoms with Gasteiger partial charge in [0, 0.05) is 44.3 Å². The SMILES string of the molecule is COCCCOc1cccc2c(=O)c(C)cn(C)c12. The van der Waals surface area contributed by atoms with Crippen molar-refractivity contribution in [2.45, 2.75) is 13.3 Å². The molecular formula is C15H19NO3. The number of fused-ring (bicyclic) bond motifs is 1. The van der Waals surface area contributed by atoms with Crippen LogP contribution in [0.2, 0.25) is 0 Å². The first-order chi connectivity index (χ1) is 9.15. The van der Waals surface area contributed by atoms with Gasteiger partial charge in [-0.05, 0) is 19.1 Å². The van der Waals surface area contributed by atoms with Gasteiger partial charge in [0.1, 0.15) is 5.75 Å². The predicted octanol–water partition coefficient (Wildman–Crippen LogP) is 2.26. The van der Waals surface area contributed by atoms with Crippen molar-refractivity contribution in [2.24, 2.45) is 7.05 Å². The molecule has 4 heteroatoms. The van der Waals surface area contributed by atoms with Crippen LogP contribution in [0.1, 0.15) is 12.0 Å². The summed E-state index contributed by atoms with van der Waals surface area (Å²) in [5.74, 6) is 0.744. The van der Waals surface area contributed by atoms with Crippen LogP contribution in [0.25, 0.3) is 10.9 Å². The lowest BCUT2D eigenvalue weighted by molar-refractivity contribution is 0.172. The minimum atomic E-state index is 0.0652. The molecule has 19 heavy (non-hydrogen) atoms. The smallest absolute Gasteiger partial charge is 0.192 e. The van der Waals surface area contributed by atoms with Gasteiger partial charge in [-0.3, -0.25) is 4.79 Å². The van der Waals surface area contributed by atoms with Crippen molar-refractivity contribution in [3.8, 4) is 5.75 Å². The molecule has 1 aromatic carbocycles. The van der Waals surface area contributed by atoms with E-state index >= 15 is 0 Å². The number of hydrogen-bond donors (Lipinski definition) is 0. The fourth-order valence-corrected chi connectivity index (χ4v) is 2.20. The van der Waals surface area contributed by atoms with E-state index in [1.54, 1.807) is 7.11 Å². The Kier molecular flexibility index (Phi) is 4.22. The fraction of sp³-hybridized carbons (Fsp3) is 0.400. The third kappa shape index (κ3) is 2.79. The van der Waals surface area contributed by atoms with E-state index in [9.17, 15) is 4.79 Å². The molecular weight excluding hydrogens is 242 g/mol. The Hall–Kier alpha value is -1.81. The number of nitrogens with zero attached hydrogens (tertiary/aromatic N) is 1. The van der Waals surface area contributed by atoms with E-state index in [2.05, 4.69) is 0 Å². The fourth-order valence-electron chi connectivity index (χ4n) is 2.20. The highest BCUT2D eigenvalue weighted by molar-refractivity contribution is 5.85. The zero-order valence-corrected chi connectivity index (χ0v) is 11.6. The van der Waals surface area contributed by atoms with Crippen LogP contribution in [0.4, 0.5) is 0 Å². The topological polar surface area (TPSA) is 40.5 Å². The lowest BCUT2D eigenvalue weighted by Crippen LogP contribution is -2.12. The van der Waals surface area contributed by atoms with E-state index in [4.69, 9.17) is 9.47 Å². The van der Waals surface area contributed by atoms with Crippen molar-refractivity contribution >= 4 is 10.9 Å². The summed E-state index contributed by atoms with van der Waals surface area (Å²) in [4.78, 5) is 12.1. The molecule has 0 fully saturated rings. The highest BCUT2D eigenvalue weighted by Gasteiger charge is 2.09. The van der Waals surface area contributed by atoms with Crippen LogP contribution in [0, 0.1) is 6.92 Å². The monoisotopic (exact) mass is 261 g/mol. The minimum Gasteiger partial charge on any atom is -0.491 e. The van der Waals surface area contributed by atoms with Crippen molar-refractivity contribution < 1.29 is 9.47 Å². The molecule has 102 valence electrons. The van der Waals surface area contributed by atoms with Crippen molar-refractivity contribution in [1.29, 1.82) is 0 Å². The molecule has 0 unspecified atom stereocenters. The van der Waals surface area contributed by atoms with E-state index in [0.29, 0.717) is 18.6 Å². The maximum absolute atomic E-state index is 12.1. The first kappa shape index (κ1) is 13.6. The minimum absolute atomic E-state index is 0.0652. The number of para-hydroxylation sites is 1. The van der Waals surface area contributed by atoms with Gasteiger partial charge >= 0.3 is 0 Å². The van der Waals surface area contributed by atoms with Crippen molar-refractivity contribution in [3.05, 3.63) is 40.2 Å². The maximum Gasteiger partial charge on any atom is 0.192 e. The first-order valence-electron chi connectivity index (χ1n) is 6.36. The van der Waals surface area contributed by atoms with Crippen LogP contribution >= 0.6 is 0 Å². The van der Waals surface area contributed by atoms with Crippen molar-refractivity contribution in [3.63, 3.8) is 0 Å². The molecule has 0 saturated carbocycles. The molecule has 0 amide bonds. The number of benzene rings is 1. The Bertz CT molecular complexity index is 631. The molecule has 0 saturated heterocycles. The van der Waals surface area contributed by atoms with Gasteiger partial charge in [0.05, 0.1) is 12.1 Å². The quantitative estimate of drug-likeness (QED) is 0.775. The Morgan fingerprint density at radius 3 is 2.79 bits per heavy atom. The highest BCUT2D eigenvalue weighted by atomic mass is 16.5. The van der Waals surface area contributed by atoms with Gasteiger partial charge in [-0.25, -0.2) is 0 Å². The normalized spacial score (nSPS) is 10.9. The number of rotatable bonds is 5. The van der Waals surface area contributed by atoms with Crippen LogP contribution in [0.5, 0.6) is 5.75 Å². The number of aromatic nitrogens is 1. The molecule has 4 nitrogen and oxygen atoms in total. The van der Waals surface area contributed by atoms with Crippen LogP contribution in [-0.2, 0) is 11.8 Å². The number of aryl methyl sites for hydroxylation is 2. The molecule has 1 aromatic heterocycles. The van der Waals surface area contributed by atoms with E-state index in [1.165, 1.54) is 0 Å². The Labute approximate surface area is 112 Å². The molecule has 1 heterocycles. The van der Waals surface area contributed by atoms with Gasteiger partial charge in [-0.15, -0.1) is 0 Å². The molecule has 0 radical (unpaired) electrons. The number of pyridine rings is 1. The summed E-state index contributed by atoms with van der Waals surface area (Å²) in [5.41, 5.74) is 1.65. The van der Waals surface area contributed by atoms with Gasteiger partial charge in [-0.1, -0.05) is 6.07 Å². The summed E-state index contributed by atoms with van der Waals surface area (Å²) in [7, 11) is 3.60. The van der Waals surface area contributed by atoms with Gasteiger partial charge in [-0.2, -0.15) is 0 Å². The summed E-state index contributed by atoms with van der Waals surface area (Å²) < 4.78 is 12.7. The van der Waals surface area contributed by atoms with Crippen LogP contribution in [0.3, 0.4) is 0 Å². The van der Waals surface area contributed by atoms with Crippen LogP contribution in [0.15, 0.2) is 29.2 Å². The maximum atomic E-state index is 12.1. The summed E-state index contributed by atoms with van der Waals surface area (Å²) in [5, 5.41) is 0.701. The van der Waals surface area contributed by atoms with Gasteiger partial charge < -0.3 is 14.0 Å². The molecule has 0 bridgehead atoms. The van der Waals surface area contributed by atoms with Gasteiger partial charge in [0.2, 0.25) is 0 Å². The molecule has 0 N–H and O–H groups in total. The van der Waals surface area contributed by atoms with E-state index < -0.39 is 0 Å². The average Bonchev–Trinajstić information content (AvgIpc) is 2.41. The Morgan fingerprint density at radius 2 is 2.05 bits per heavy atom. The molecule has 0 aliphatic rings. The zero-order valence-electron chi connectivity index (χ0n) is 11.6. The molecule has 0 atom stereocenters. The predicted molar refractivity (Wildman–Crippen MR) is 75.9 cm³/mol. The Balaban J connectivity index is 2.40. The molecule has 0 aliphatic heterocycles. The average molecular weight is 261 g/mol. The summed E-state index contributed by atoms with van der Waals surface area (Å²) in [6.07, 6.45) is 2.67. The Morgan fingerprint density at radius 1 is 1.26 bits per heavy atom. The molecule has 0 aliphatic carbocycles. The lowest BCUT2D eigenvalue weighted by Gasteiger charge is -2.13. The van der Waals surface area contributed by atoms with E-state index in [-0.39, 0.29) is 5.43 Å². The van der Waals surface area contributed by atoms with E-state index in [0.717, 1.165) is 23.3 Å². The van der Waals surface area contributed by atoms with Gasteiger partial charge in [0.15, 0.2) is 5.43 Å². The largest absolute Gasteiger partial charge is 0.491 e. The number of hydrogen-bond acceptors (Lipinski definition) is 3. The van der Waals surface area contributed by atoms with Gasteiger partial charge in [0.25, 0.3) is 0 Å². The number of ether oxygens (including phenoxy) is 2. The standard InChI is InChI=1S/C15H19NO3/c1-11-10-16(2)14-12(15(11)17)6-4-7-13(14)19-9-5-8-18-3/h4,6-7,10H,5,8-9H2,1-3H3.